The number of aryl methyl sites for hydroxylation is 1. The molecule has 1 aromatic carbocycles. The van der Waals surface area contributed by atoms with Crippen LogP contribution in [0.2, 0.25) is 0 Å². The van der Waals surface area contributed by atoms with Crippen LogP contribution in [0.25, 0.3) is 0 Å². The SMILES string of the molecule is CCc1ccc(N(CCC(=O)O)C(=O)c2ccncc2)cc1. The second-order valence-corrected chi connectivity index (χ2v) is 4.86. The number of carboxylic acid groups (broad SMARTS) is 1. The lowest BCUT2D eigenvalue weighted by molar-refractivity contribution is -0.136. The third-order valence-corrected chi connectivity index (χ3v) is 3.38. The molecule has 114 valence electrons. The maximum absolute atomic E-state index is 12.6. The molecule has 0 aliphatic heterocycles. The number of carboxylic acids is 1. The van der Waals surface area contributed by atoms with Crippen molar-refractivity contribution in [2.24, 2.45) is 0 Å². The zero-order valence-electron chi connectivity index (χ0n) is 12.4. The van der Waals surface area contributed by atoms with Crippen LogP contribution in [0.5, 0.6) is 0 Å². The number of carbonyl (C=O) groups excluding carboxylic acids is 1. The van der Waals surface area contributed by atoms with Gasteiger partial charge >= 0.3 is 5.97 Å². The van der Waals surface area contributed by atoms with Gasteiger partial charge in [0.15, 0.2) is 0 Å². The van der Waals surface area contributed by atoms with Crippen molar-refractivity contribution in [1.29, 1.82) is 0 Å². The number of nitrogens with zero attached hydrogens (tertiary/aromatic N) is 2. The summed E-state index contributed by atoms with van der Waals surface area (Å²) in [5.74, 6) is -1.16. The predicted molar refractivity (Wildman–Crippen MR) is 84.0 cm³/mol. The van der Waals surface area contributed by atoms with Crippen LogP contribution in [0, 0.1) is 0 Å². The van der Waals surface area contributed by atoms with Crippen LogP contribution in [0.15, 0.2) is 48.8 Å². The van der Waals surface area contributed by atoms with Gasteiger partial charge in [-0.1, -0.05) is 19.1 Å². The fraction of sp³-hybridized carbons (Fsp3) is 0.235. The van der Waals surface area contributed by atoms with E-state index in [0.717, 1.165) is 6.42 Å². The van der Waals surface area contributed by atoms with Crippen LogP contribution in [0.4, 0.5) is 5.69 Å². The van der Waals surface area contributed by atoms with Gasteiger partial charge in [-0.3, -0.25) is 14.6 Å². The van der Waals surface area contributed by atoms with Crippen molar-refractivity contribution < 1.29 is 14.7 Å². The Morgan fingerprint density at radius 3 is 2.27 bits per heavy atom. The Morgan fingerprint density at radius 1 is 1.09 bits per heavy atom. The lowest BCUT2D eigenvalue weighted by atomic mass is 10.1. The summed E-state index contributed by atoms with van der Waals surface area (Å²) in [6.07, 6.45) is 3.89. The molecule has 0 saturated carbocycles. The molecule has 0 spiro atoms. The maximum Gasteiger partial charge on any atom is 0.305 e. The van der Waals surface area contributed by atoms with Crippen LogP contribution in [-0.4, -0.2) is 28.5 Å². The van der Waals surface area contributed by atoms with Crippen LogP contribution in [-0.2, 0) is 11.2 Å². The summed E-state index contributed by atoms with van der Waals surface area (Å²) in [5, 5.41) is 8.90. The standard InChI is InChI=1S/C17H18N2O3/c1-2-13-3-5-15(6-4-13)19(12-9-16(20)21)17(22)14-7-10-18-11-8-14/h3-8,10-11H,2,9,12H2,1H3,(H,20,21). The van der Waals surface area contributed by atoms with E-state index in [4.69, 9.17) is 5.11 Å². The topological polar surface area (TPSA) is 70.5 Å². The molecule has 0 unspecified atom stereocenters. The Kier molecular flexibility index (Phi) is 5.25. The molecule has 0 radical (unpaired) electrons. The number of benzene rings is 1. The molecule has 1 heterocycles. The van der Waals surface area contributed by atoms with Crippen LogP contribution >= 0.6 is 0 Å². The third-order valence-electron chi connectivity index (χ3n) is 3.38. The number of carbonyl (C=O) groups is 2. The third kappa shape index (κ3) is 3.91. The van der Waals surface area contributed by atoms with Crippen LogP contribution in [0.3, 0.4) is 0 Å². The van der Waals surface area contributed by atoms with E-state index < -0.39 is 5.97 Å². The largest absolute Gasteiger partial charge is 0.481 e. The van der Waals surface area contributed by atoms with Gasteiger partial charge in [0.1, 0.15) is 0 Å². The summed E-state index contributed by atoms with van der Waals surface area (Å²) in [5.41, 5.74) is 2.35. The molecule has 2 rings (SSSR count). The lowest BCUT2D eigenvalue weighted by Crippen LogP contribution is -2.33. The molecule has 0 atom stereocenters. The van der Waals surface area contributed by atoms with Crippen LogP contribution < -0.4 is 4.90 Å². The van der Waals surface area contributed by atoms with E-state index >= 15 is 0 Å². The van der Waals surface area contributed by atoms with Gasteiger partial charge in [-0.05, 0) is 36.2 Å². The number of pyridine rings is 1. The summed E-state index contributed by atoms with van der Waals surface area (Å²) < 4.78 is 0. The second-order valence-electron chi connectivity index (χ2n) is 4.86. The van der Waals surface area contributed by atoms with Gasteiger partial charge in [0, 0.05) is 30.2 Å². The molecule has 22 heavy (non-hydrogen) atoms. The van der Waals surface area contributed by atoms with Gasteiger partial charge in [0.2, 0.25) is 0 Å². The fourth-order valence-electron chi connectivity index (χ4n) is 2.12. The maximum atomic E-state index is 12.6. The summed E-state index contributed by atoms with van der Waals surface area (Å²) in [6, 6.07) is 10.8. The molecule has 1 aromatic heterocycles. The molecular weight excluding hydrogens is 280 g/mol. The highest BCUT2D eigenvalue weighted by Crippen LogP contribution is 2.19. The molecule has 5 nitrogen and oxygen atoms in total. The smallest absolute Gasteiger partial charge is 0.305 e. The Balaban J connectivity index is 2.28. The highest BCUT2D eigenvalue weighted by Gasteiger charge is 2.18. The summed E-state index contributed by atoms with van der Waals surface area (Å²) >= 11 is 0. The minimum atomic E-state index is -0.933. The lowest BCUT2D eigenvalue weighted by Gasteiger charge is -2.22. The van der Waals surface area contributed by atoms with Crippen molar-refractivity contribution >= 4 is 17.6 Å². The summed E-state index contributed by atoms with van der Waals surface area (Å²) in [7, 11) is 0. The summed E-state index contributed by atoms with van der Waals surface area (Å²) in [4.78, 5) is 28.8. The van der Waals surface area contributed by atoms with Crippen LogP contribution in [0.1, 0.15) is 29.3 Å². The van der Waals surface area contributed by atoms with Crippen molar-refractivity contribution in [2.75, 3.05) is 11.4 Å². The first-order valence-electron chi connectivity index (χ1n) is 7.14. The molecule has 2 aromatic rings. The fourth-order valence-corrected chi connectivity index (χ4v) is 2.12. The minimum Gasteiger partial charge on any atom is -0.481 e. The normalized spacial score (nSPS) is 10.2. The Morgan fingerprint density at radius 2 is 1.73 bits per heavy atom. The quantitative estimate of drug-likeness (QED) is 0.890. The molecule has 0 aliphatic carbocycles. The van der Waals surface area contributed by atoms with Crippen molar-refractivity contribution in [1.82, 2.24) is 4.98 Å². The number of hydrogen-bond acceptors (Lipinski definition) is 3. The van der Waals surface area contributed by atoms with Gasteiger partial charge in [-0.2, -0.15) is 0 Å². The first-order chi connectivity index (χ1) is 10.6. The number of aromatic nitrogens is 1. The molecule has 1 amide bonds. The van der Waals surface area contributed by atoms with E-state index in [1.54, 1.807) is 24.5 Å². The van der Waals surface area contributed by atoms with Crippen molar-refractivity contribution in [3.05, 3.63) is 59.9 Å². The van der Waals surface area contributed by atoms with Crippen molar-refractivity contribution in [2.45, 2.75) is 19.8 Å². The molecule has 0 fully saturated rings. The van der Waals surface area contributed by atoms with Gasteiger partial charge in [0.25, 0.3) is 5.91 Å². The predicted octanol–water partition coefficient (Wildman–Crippen LogP) is 2.77. The first kappa shape index (κ1) is 15.7. The van der Waals surface area contributed by atoms with E-state index in [1.165, 1.54) is 10.5 Å². The zero-order chi connectivity index (χ0) is 15.9. The van der Waals surface area contributed by atoms with Gasteiger partial charge in [-0.25, -0.2) is 0 Å². The first-order valence-corrected chi connectivity index (χ1v) is 7.14. The molecule has 0 bridgehead atoms. The summed E-state index contributed by atoms with van der Waals surface area (Å²) in [6.45, 7) is 2.18. The molecule has 5 heteroatoms. The Bertz CT molecular complexity index is 639. The second kappa shape index (κ2) is 7.36. The number of amides is 1. The van der Waals surface area contributed by atoms with Gasteiger partial charge in [-0.15, -0.1) is 0 Å². The van der Waals surface area contributed by atoms with E-state index in [0.29, 0.717) is 11.3 Å². The van der Waals surface area contributed by atoms with E-state index in [2.05, 4.69) is 11.9 Å². The molecule has 0 aliphatic rings. The average Bonchev–Trinajstić information content (AvgIpc) is 2.56. The van der Waals surface area contributed by atoms with Gasteiger partial charge in [0.05, 0.1) is 6.42 Å². The van der Waals surface area contributed by atoms with E-state index in [-0.39, 0.29) is 18.9 Å². The number of rotatable bonds is 6. The molecule has 0 saturated heterocycles. The van der Waals surface area contributed by atoms with Crippen molar-refractivity contribution in [3.63, 3.8) is 0 Å². The van der Waals surface area contributed by atoms with Gasteiger partial charge < -0.3 is 10.0 Å². The Hall–Kier alpha value is -2.69. The average molecular weight is 298 g/mol. The monoisotopic (exact) mass is 298 g/mol. The number of anilines is 1. The number of aliphatic carboxylic acids is 1. The molecular formula is C17H18N2O3. The van der Waals surface area contributed by atoms with E-state index in [9.17, 15) is 9.59 Å². The number of hydrogen-bond donors (Lipinski definition) is 1. The molecule has 1 N–H and O–H groups in total. The zero-order valence-corrected chi connectivity index (χ0v) is 12.4. The van der Waals surface area contributed by atoms with Crippen molar-refractivity contribution in [3.8, 4) is 0 Å². The Labute approximate surface area is 129 Å². The highest BCUT2D eigenvalue weighted by molar-refractivity contribution is 6.06. The van der Waals surface area contributed by atoms with E-state index in [1.807, 2.05) is 24.3 Å². The highest BCUT2D eigenvalue weighted by atomic mass is 16.4. The minimum absolute atomic E-state index is 0.105.